The molecule has 66 valence electrons. The molecule has 0 atom stereocenters. The molecule has 0 aliphatic heterocycles. The van der Waals surface area contributed by atoms with Gasteiger partial charge in [0.05, 0.1) is 10.3 Å². The van der Waals surface area contributed by atoms with Crippen molar-refractivity contribution in [3.8, 4) is 0 Å². The van der Waals surface area contributed by atoms with E-state index in [2.05, 4.69) is 0 Å². The van der Waals surface area contributed by atoms with Crippen molar-refractivity contribution in [1.82, 2.24) is 0 Å². The zero-order chi connectivity index (χ0) is 9.90. The number of benzene rings is 1. The molecule has 0 unspecified atom stereocenters. The summed E-state index contributed by atoms with van der Waals surface area (Å²) in [5, 5.41) is 0. The molecule has 0 N–H and O–H groups in total. The molecule has 2 radical (unpaired) electrons. The molecule has 0 amide bonds. The van der Waals surface area contributed by atoms with Crippen LogP contribution in [-0.2, 0) is 15.8 Å². The van der Waals surface area contributed by atoms with E-state index in [-0.39, 0.29) is 5.75 Å². The summed E-state index contributed by atoms with van der Waals surface area (Å²) in [7, 11) is 1.53. The summed E-state index contributed by atoms with van der Waals surface area (Å²) in [6.45, 7) is 0. The molecule has 0 aliphatic rings. The number of sulfonamides is 1. The van der Waals surface area contributed by atoms with Gasteiger partial charge in [-0.25, -0.2) is 8.42 Å². The molecule has 0 spiro atoms. The first-order valence-electron chi connectivity index (χ1n) is 3.45. The van der Waals surface area contributed by atoms with Crippen LogP contribution in [0.25, 0.3) is 0 Å². The second-order valence-electron chi connectivity index (χ2n) is 2.54. The summed E-state index contributed by atoms with van der Waals surface area (Å²) in [6.07, 6.45) is 0. The third-order valence-corrected chi connectivity index (χ3v) is 2.37. The van der Waals surface area contributed by atoms with Crippen molar-refractivity contribution in [1.29, 1.82) is 0 Å². The molecular formula is C7H6BNO3S. The Labute approximate surface area is 77.4 Å². The SMILES string of the molecule is [B]c1ccc(CS(=O)(=O)N=O)cc1. The van der Waals surface area contributed by atoms with E-state index in [4.69, 9.17) is 7.85 Å². The van der Waals surface area contributed by atoms with Crippen LogP contribution in [0.3, 0.4) is 0 Å². The van der Waals surface area contributed by atoms with Crippen molar-refractivity contribution in [3.63, 3.8) is 0 Å². The van der Waals surface area contributed by atoms with Crippen molar-refractivity contribution >= 4 is 23.3 Å². The molecule has 1 aromatic rings. The predicted molar refractivity (Wildman–Crippen MR) is 50.2 cm³/mol. The Balaban J connectivity index is 2.88. The van der Waals surface area contributed by atoms with E-state index >= 15 is 0 Å². The minimum absolute atomic E-state index is 0.378. The molecule has 6 heteroatoms. The number of nitrogens with zero attached hydrogens (tertiary/aromatic N) is 1. The van der Waals surface area contributed by atoms with E-state index in [9.17, 15) is 13.3 Å². The van der Waals surface area contributed by atoms with E-state index in [1.807, 2.05) is 4.58 Å². The summed E-state index contributed by atoms with van der Waals surface area (Å²) in [6, 6.07) is 6.21. The van der Waals surface area contributed by atoms with Crippen LogP contribution in [-0.4, -0.2) is 16.3 Å². The van der Waals surface area contributed by atoms with E-state index in [1.54, 1.807) is 12.1 Å². The Kier molecular flexibility index (Phi) is 2.82. The largest absolute Gasteiger partial charge is 0.292 e. The summed E-state index contributed by atoms with van der Waals surface area (Å²) in [4.78, 5) is 9.84. The van der Waals surface area contributed by atoms with Gasteiger partial charge in [0.15, 0.2) is 0 Å². The number of hydrogen-bond acceptors (Lipinski definition) is 3. The summed E-state index contributed by atoms with van der Waals surface area (Å²) < 4.78 is 23.5. The van der Waals surface area contributed by atoms with Crippen molar-refractivity contribution in [2.24, 2.45) is 4.58 Å². The Morgan fingerprint density at radius 3 is 2.23 bits per heavy atom. The smallest absolute Gasteiger partial charge is 0.201 e. The molecular weight excluding hydrogens is 189 g/mol. The van der Waals surface area contributed by atoms with Gasteiger partial charge in [0, 0.05) is 0 Å². The quantitative estimate of drug-likeness (QED) is 0.506. The molecule has 0 saturated carbocycles. The fourth-order valence-corrected chi connectivity index (χ4v) is 1.52. The van der Waals surface area contributed by atoms with Crippen LogP contribution in [0.5, 0.6) is 0 Å². The maximum Gasteiger partial charge on any atom is 0.292 e. The molecule has 0 saturated heterocycles. The van der Waals surface area contributed by atoms with Crippen LogP contribution in [0.4, 0.5) is 0 Å². The maximum absolute atomic E-state index is 10.7. The van der Waals surface area contributed by atoms with Crippen LogP contribution >= 0.6 is 0 Å². The lowest BCUT2D eigenvalue weighted by molar-refractivity contribution is 0.597. The molecule has 0 heterocycles. The highest BCUT2D eigenvalue weighted by Crippen LogP contribution is 2.05. The third-order valence-electron chi connectivity index (χ3n) is 1.44. The lowest BCUT2D eigenvalue weighted by atomic mass is 9.96. The fourth-order valence-electron chi connectivity index (χ4n) is 0.851. The van der Waals surface area contributed by atoms with Gasteiger partial charge < -0.3 is 0 Å². The predicted octanol–water partition coefficient (Wildman–Crippen LogP) is 0.0766. The fraction of sp³-hybridized carbons (Fsp3) is 0.143. The van der Waals surface area contributed by atoms with Gasteiger partial charge >= 0.3 is 0 Å². The summed E-state index contributed by atoms with van der Waals surface area (Å²) in [5.74, 6) is -0.378. The highest BCUT2D eigenvalue weighted by Gasteiger charge is 2.10. The van der Waals surface area contributed by atoms with Crippen LogP contribution in [0.15, 0.2) is 28.8 Å². The first-order valence-corrected chi connectivity index (χ1v) is 5.06. The molecule has 0 aliphatic carbocycles. The Bertz CT molecular complexity index is 398. The normalized spacial score (nSPS) is 11.1. The zero-order valence-corrected chi connectivity index (χ0v) is 7.49. The van der Waals surface area contributed by atoms with E-state index in [0.717, 1.165) is 0 Å². The second-order valence-corrected chi connectivity index (χ2v) is 4.14. The van der Waals surface area contributed by atoms with Crippen molar-refractivity contribution in [2.75, 3.05) is 0 Å². The number of rotatable bonds is 3. The molecule has 0 bridgehead atoms. The van der Waals surface area contributed by atoms with Crippen molar-refractivity contribution in [3.05, 3.63) is 34.7 Å². The molecule has 0 fully saturated rings. The minimum atomic E-state index is -3.86. The molecule has 0 aromatic heterocycles. The monoisotopic (exact) mass is 195 g/mol. The Hall–Kier alpha value is -1.17. The topological polar surface area (TPSA) is 63.6 Å². The van der Waals surface area contributed by atoms with Gasteiger partial charge in [-0.05, 0) is 5.56 Å². The Morgan fingerprint density at radius 2 is 1.77 bits per heavy atom. The minimum Gasteiger partial charge on any atom is -0.201 e. The van der Waals surface area contributed by atoms with Crippen LogP contribution < -0.4 is 5.46 Å². The maximum atomic E-state index is 10.7. The molecule has 1 aromatic carbocycles. The molecule has 13 heavy (non-hydrogen) atoms. The first-order chi connectivity index (χ1) is 6.03. The van der Waals surface area contributed by atoms with Crippen molar-refractivity contribution in [2.45, 2.75) is 5.75 Å². The van der Waals surface area contributed by atoms with Gasteiger partial charge in [0.25, 0.3) is 10.0 Å². The van der Waals surface area contributed by atoms with Gasteiger partial charge in [-0.2, -0.15) is 0 Å². The highest BCUT2D eigenvalue weighted by molar-refractivity contribution is 7.89. The average molecular weight is 195 g/mol. The summed E-state index contributed by atoms with van der Waals surface area (Å²) in [5.41, 5.74) is 1.04. The number of hydrogen-bond donors (Lipinski definition) is 0. The van der Waals surface area contributed by atoms with Crippen LogP contribution in [0.1, 0.15) is 5.56 Å². The van der Waals surface area contributed by atoms with Gasteiger partial charge in [-0.1, -0.05) is 29.7 Å². The lowest BCUT2D eigenvalue weighted by Crippen LogP contribution is -2.03. The van der Waals surface area contributed by atoms with Crippen LogP contribution in [0, 0.1) is 4.91 Å². The van der Waals surface area contributed by atoms with E-state index < -0.39 is 10.0 Å². The zero-order valence-electron chi connectivity index (χ0n) is 6.67. The summed E-state index contributed by atoms with van der Waals surface area (Å²) >= 11 is 0. The van der Waals surface area contributed by atoms with Crippen LogP contribution in [0.2, 0.25) is 0 Å². The standard InChI is InChI=1S/C7H6BNO3S/c8-7-3-1-6(2-4-7)5-13(11,12)9-10/h1-4H,5H2. The third kappa shape index (κ3) is 2.98. The van der Waals surface area contributed by atoms with E-state index in [1.165, 1.54) is 12.1 Å². The average Bonchev–Trinajstić information content (AvgIpc) is 2.09. The van der Waals surface area contributed by atoms with E-state index in [0.29, 0.717) is 11.0 Å². The number of nitroso groups, excluding NO2 is 1. The molecule has 1 rings (SSSR count). The van der Waals surface area contributed by atoms with Gasteiger partial charge in [-0.3, -0.25) is 0 Å². The molecule has 4 nitrogen and oxygen atoms in total. The first kappa shape index (κ1) is 9.92. The Morgan fingerprint density at radius 1 is 1.23 bits per heavy atom. The van der Waals surface area contributed by atoms with Gasteiger partial charge in [-0.15, -0.1) is 4.91 Å². The van der Waals surface area contributed by atoms with Crippen molar-refractivity contribution < 1.29 is 8.42 Å². The lowest BCUT2D eigenvalue weighted by Gasteiger charge is -1.97. The van der Waals surface area contributed by atoms with Gasteiger partial charge in [0.1, 0.15) is 7.85 Å². The highest BCUT2D eigenvalue weighted by atomic mass is 32.2. The second kappa shape index (κ2) is 3.70. The van der Waals surface area contributed by atoms with Gasteiger partial charge in [0.2, 0.25) is 0 Å².